The van der Waals surface area contributed by atoms with Crippen molar-refractivity contribution in [2.75, 3.05) is 0 Å². The Morgan fingerprint density at radius 3 is 2.50 bits per heavy atom. The van der Waals surface area contributed by atoms with Crippen LogP contribution < -0.4 is 5.32 Å². The second kappa shape index (κ2) is 9.08. The summed E-state index contributed by atoms with van der Waals surface area (Å²) in [5.41, 5.74) is 2.91. The largest absolute Gasteiger partial charge is 0.443 e. The normalized spacial score (nSPS) is 13.1. The molecular weight excluding hydrogens is 302 g/mol. The van der Waals surface area contributed by atoms with Gasteiger partial charge in [-0.05, 0) is 30.0 Å². The number of ether oxygens (including phenoxy) is 1. The highest BCUT2D eigenvalue weighted by molar-refractivity contribution is 5.67. The molecule has 0 aliphatic heterocycles. The first-order valence-electron chi connectivity index (χ1n) is 8.36. The lowest BCUT2D eigenvalue weighted by atomic mass is 9.96. The Bertz CT molecular complexity index is 642. The summed E-state index contributed by atoms with van der Waals surface area (Å²) in [5, 5.41) is 13.2. The van der Waals surface area contributed by atoms with E-state index in [-0.39, 0.29) is 0 Å². The van der Waals surface area contributed by atoms with E-state index in [1.54, 1.807) is 6.92 Å². The molecule has 0 saturated heterocycles. The highest BCUT2D eigenvalue weighted by atomic mass is 16.6. The smallest absolute Gasteiger partial charge is 0.407 e. The number of carbonyl (C=O) groups is 1. The Hall–Kier alpha value is -2.33. The van der Waals surface area contributed by atoms with Gasteiger partial charge >= 0.3 is 6.09 Å². The van der Waals surface area contributed by atoms with Crippen LogP contribution in [0.2, 0.25) is 0 Å². The van der Waals surface area contributed by atoms with Gasteiger partial charge in [0, 0.05) is 6.54 Å². The fraction of sp³-hybridized carbons (Fsp3) is 0.350. The molecule has 0 spiro atoms. The van der Waals surface area contributed by atoms with Crippen molar-refractivity contribution in [3.8, 4) is 0 Å². The van der Waals surface area contributed by atoms with Gasteiger partial charge in [0.05, 0.1) is 0 Å². The Kier molecular flexibility index (Phi) is 6.82. The maximum absolute atomic E-state index is 11.9. The summed E-state index contributed by atoms with van der Waals surface area (Å²) >= 11 is 0. The van der Waals surface area contributed by atoms with E-state index in [1.807, 2.05) is 54.6 Å². The summed E-state index contributed by atoms with van der Waals surface area (Å²) in [6, 6.07) is 17.4. The highest BCUT2D eigenvalue weighted by Crippen LogP contribution is 2.24. The number of nitrogens with one attached hydrogen (secondary N) is 1. The molecule has 2 atom stereocenters. The molecule has 4 nitrogen and oxygen atoms in total. The first-order chi connectivity index (χ1) is 11.6. The van der Waals surface area contributed by atoms with Gasteiger partial charge in [-0.2, -0.15) is 0 Å². The quantitative estimate of drug-likeness (QED) is 0.808. The Morgan fingerprint density at radius 2 is 1.79 bits per heavy atom. The molecule has 0 bridgehead atoms. The number of hydrogen-bond acceptors (Lipinski definition) is 3. The molecule has 24 heavy (non-hydrogen) atoms. The van der Waals surface area contributed by atoms with Gasteiger partial charge in [-0.15, -0.1) is 0 Å². The lowest BCUT2D eigenvalue weighted by Gasteiger charge is -2.22. The van der Waals surface area contributed by atoms with E-state index in [0.717, 1.165) is 29.5 Å². The van der Waals surface area contributed by atoms with E-state index < -0.39 is 18.3 Å². The molecule has 4 heteroatoms. The van der Waals surface area contributed by atoms with Crippen molar-refractivity contribution < 1.29 is 14.6 Å². The number of hydrogen-bond donors (Lipinski definition) is 2. The van der Waals surface area contributed by atoms with Crippen molar-refractivity contribution in [3.63, 3.8) is 0 Å². The summed E-state index contributed by atoms with van der Waals surface area (Å²) in [5.74, 6) is 0. The van der Waals surface area contributed by atoms with Gasteiger partial charge in [-0.3, -0.25) is 0 Å². The van der Waals surface area contributed by atoms with Crippen LogP contribution in [0.1, 0.15) is 43.1 Å². The fourth-order valence-electron chi connectivity index (χ4n) is 2.62. The standard InChI is InChI=1S/C20H25NO3/c1-3-9-17-12-7-8-13-18(17)19(22)15(2)24-20(23)21-14-16-10-5-4-6-11-16/h4-8,10-13,15,19,22H,3,9,14H2,1-2H3,(H,21,23). The van der Waals surface area contributed by atoms with Gasteiger partial charge in [-0.25, -0.2) is 4.79 Å². The third-order valence-electron chi connectivity index (χ3n) is 3.91. The molecule has 0 radical (unpaired) electrons. The SMILES string of the molecule is CCCc1ccccc1C(O)C(C)OC(=O)NCc1ccccc1. The molecule has 2 unspecified atom stereocenters. The summed E-state index contributed by atoms with van der Waals surface area (Å²) in [7, 11) is 0. The van der Waals surface area contributed by atoms with Crippen LogP contribution in [0.3, 0.4) is 0 Å². The third kappa shape index (κ3) is 5.10. The number of alkyl carbamates (subject to hydrolysis) is 1. The minimum absolute atomic E-state index is 0.398. The topological polar surface area (TPSA) is 58.6 Å². The lowest BCUT2D eigenvalue weighted by molar-refractivity contribution is 0.0113. The molecule has 0 aliphatic rings. The first-order valence-corrected chi connectivity index (χ1v) is 8.36. The number of aliphatic hydroxyl groups is 1. The van der Waals surface area contributed by atoms with Crippen molar-refractivity contribution in [2.24, 2.45) is 0 Å². The molecule has 2 aromatic rings. The fourth-order valence-corrected chi connectivity index (χ4v) is 2.62. The summed E-state index contributed by atoms with van der Waals surface area (Å²) in [6.07, 6.45) is -0.108. The summed E-state index contributed by atoms with van der Waals surface area (Å²) < 4.78 is 5.32. The average molecular weight is 327 g/mol. The second-order valence-electron chi connectivity index (χ2n) is 5.84. The number of rotatable bonds is 7. The van der Waals surface area contributed by atoms with Gasteiger partial charge in [0.2, 0.25) is 0 Å². The highest BCUT2D eigenvalue weighted by Gasteiger charge is 2.22. The van der Waals surface area contributed by atoms with Gasteiger partial charge in [0.25, 0.3) is 0 Å². The minimum Gasteiger partial charge on any atom is -0.443 e. The van der Waals surface area contributed by atoms with Crippen molar-refractivity contribution >= 4 is 6.09 Å². The molecule has 0 saturated carbocycles. The van der Waals surface area contributed by atoms with Crippen LogP contribution in [-0.2, 0) is 17.7 Å². The number of aliphatic hydroxyl groups excluding tert-OH is 1. The van der Waals surface area contributed by atoms with Crippen LogP contribution >= 0.6 is 0 Å². The van der Waals surface area contributed by atoms with Gasteiger partial charge in [0.15, 0.2) is 0 Å². The molecule has 2 N–H and O–H groups in total. The van der Waals surface area contributed by atoms with Gasteiger partial charge in [0.1, 0.15) is 12.2 Å². The van der Waals surface area contributed by atoms with Crippen molar-refractivity contribution in [1.29, 1.82) is 0 Å². The van der Waals surface area contributed by atoms with E-state index >= 15 is 0 Å². The lowest BCUT2D eigenvalue weighted by Crippen LogP contribution is -2.30. The molecule has 0 fully saturated rings. The van der Waals surface area contributed by atoms with E-state index in [0.29, 0.717) is 6.54 Å². The van der Waals surface area contributed by atoms with Crippen LogP contribution in [0.15, 0.2) is 54.6 Å². The number of benzene rings is 2. The van der Waals surface area contributed by atoms with Gasteiger partial charge < -0.3 is 15.2 Å². The minimum atomic E-state index is -0.838. The second-order valence-corrected chi connectivity index (χ2v) is 5.84. The van der Waals surface area contributed by atoms with E-state index in [4.69, 9.17) is 4.74 Å². The summed E-state index contributed by atoms with van der Waals surface area (Å²) in [4.78, 5) is 11.9. The zero-order valence-electron chi connectivity index (χ0n) is 14.2. The van der Waals surface area contributed by atoms with Crippen LogP contribution in [0.25, 0.3) is 0 Å². The van der Waals surface area contributed by atoms with Crippen LogP contribution in [0, 0.1) is 0 Å². The van der Waals surface area contributed by atoms with E-state index in [2.05, 4.69) is 12.2 Å². The third-order valence-corrected chi connectivity index (χ3v) is 3.91. The predicted octanol–water partition coefficient (Wildman–Crippen LogP) is 3.99. The van der Waals surface area contributed by atoms with Crippen LogP contribution in [0.5, 0.6) is 0 Å². The van der Waals surface area contributed by atoms with E-state index in [1.165, 1.54) is 0 Å². The van der Waals surface area contributed by atoms with Crippen molar-refractivity contribution in [3.05, 3.63) is 71.3 Å². The van der Waals surface area contributed by atoms with Crippen molar-refractivity contribution in [1.82, 2.24) is 5.32 Å². The van der Waals surface area contributed by atoms with Crippen LogP contribution in [0.4, 0.5) is 4.79 Å². The molecule has 0 aromatic heterocycles. The molecule has 128 valence electrons. The van der Waals surface area contributed by atoms with Crippen molar-refractivity contribution in [2.45, 2.75) is 45.4 Å². The Morgan fingerprint density at radius 1 is 1.12 bits per heavy atom. The van der Waals surface area contributed by atoms with E-state index in [9.17, 15) is 9.90 Å². The number of amides is 1. The number of carbonyl (C=O) groups excluding carboxylic acids is 1. The first kappa shape index (κ1) is 18.0. The summed E-state index contributed by atoms with van der Waals surface area (Å²) in [6.45, 7) is 4.20. The molecule has 2 rings (SSSR count). The molecular formula is C20H25NO3. The van der Waals surface area contributed by atoms with Crippen LogP contribution in [-0.4, -0.2) is 17.3 Å². The molecule has 0 aliphatic carbocycles. The maximum atomic E-state index is 11.9. The molecule has 2 aromatic carbocycles. The van der Waals surface area contributed by atoms with Gasteiger partial charge in [-0.1, -0.05) is 67.9 Å². The average Bonchev–Trinajstić information content (AvgIpc) is 2.61. The maximum Gasteiger partial charge on any atom is 0.407 e. The number of aryl methyl sites for hydroxylation is 1. The molecule has 1 amide bonds. The molecule has 0 heterocycles. The predicted molar refractivity (Wildman–Crippen MR) is 94.6 cm³/mol. The Balaban J connectivity index is 1.91. The zero-order valence-corrected chi connectivity index (χ0v) is 14.2. The Labute approximate surface area is 143 Å². The monoisotopic (exact) mass is 327 g/mol. The zero-order chi connectivity index (χ0) is 17.4.